The van der Waals surface area contributed by atoms with Gasteiger partial charge in [0.2, 0.25) is 0 Å². The standard InChI is InChI=1S/C8H10ClN3O2S2/c1-8(2,4-10)5-12-16(13,14)6-3-11-7(9)15-6/h3,12H,5H2,1-2H3. The number of hydrogen-bond donors (Lipinski definition) is 1. The molecule has 1 rings (SSSR count). The molecule has 1 N–H and O–H groups in total. The van der Waals surface area contributed by atoms with Gasteiger partial charge in [-0.05, 0) is 13.8 Å². The van der Waals surface area contributed by atoms with Crippen LogP contribution in [0.25, 0.3) is 0 Å². The van der Waals surface area contributed by atoms with Gasteiger partial charge in [-0.25, -0.2) is 18.1 Å². The van der Waals surface area contributed by atoms with Crippen molar-refractivity contribution in [3.63, 3.8) is 0 Å². The van der Waals surface area contributed by atoms with Crippen LogP contribution in [0, 0.1) is 16.7 Å². The molecule has 1 heterocycles. The van der Waals surface area contributed by atoms with Crippen molar-refractivity contribution in [3.05, 3.63) is 10.7 Å². The van der Waals surface area contributed by atoms with Crippen LogP contribution >= 0.6 is 22.9 Å². The Bertz CT molecular complexity index is 516. The van der Waals surface area contributed by atoms with E-state index in [-0.39, 0.29) is 15.2 Å². The number of thiazole rings is 1. The zero-order valence-electron chi connectivity index (χ0n) is 8.69. The molecule has 8 heteroatoms. The SMILES string of the molecule is CC(C)(C#N)CNS(=O)(=O)c1cnc(Cl)s1. The zero-order valence-corrected chi connectivity index (χ0v) is 11.1. The van der Waals surface area contributed by atoms with E-state index in [4.69, 9.17) is 16.9 Å². The van der Waals surface area contributed by atoms with Crippen molar-refractivity contribution < 1.29 is 8.42 Å². The van der Waals surface area contributed by atoms with Gasteiger partial charge < -0.3 is 0 Å². The Kier molecular flexibility index (Phi) is 3.91. The number of halogens is 1. The second-order valence-electron chi connectivity index (χ2n) is 3.75. The summed E-state index contributed by atoms with van der Waals surface area (Å²) >= 11 is 6.42. The first-order valence-corrected chi connectivity index (χ1v) is 6.97. The predicted octanol–water partition coefficient (Wildman–Crippen LogP) is 1.62. The Labute approximate surface area is 103 Å². The van der Waals surface area contributed by atoms with Crippen LogP contribution in [0.5, 0.6) is 0 Å². The van der Waals surface area contributed by atoms with Gasteiger partial charge in [-0.1, -0.05) is 22.9 Å². The highest BCUT2D eigenvalue weighted by atomic mass is 35.5. The molecule has 0 unspecified atom stereocenters. The third-order valence-corrected chi connectivity index (χ3v) is 4.71. The fourth-order valence-corrected chi connectivity index (χ4v) is 3.30. The topological polar surface area (TPSA) is 82.9 Å². The molecule has 1 aromatic rings. The number of hydrogen-bond acceptors (Lipinski definition) is 5. The Morgan fingerprint density at radius 3 is 2.75 bits per heavy atom. The highest BCUT2D eigenvalue weighted by Gasteiger charge is 2.23. The van der Waals surface area contributed by atoms with Crippen molar-refractivity contribution in [2.24, 2.45) is 5.41 Å². The van der Waals surface area contributed by atoms with E-state index in [9.17, 15) is 8.42 Å². The maximum Gasteiger partial charge on any atom is 0.251 e. The van der Waals surface area contributed by atoms with Crippen LogP contribution in [0.4, 0.5) is 0 Å². The van der Waals surface area contributed by atoms with Gasteiger partial charge in [0.15, 0.2) is 8.68 Å². The molecule has 0 saturated heterocycles. The molecule has 0 aliphatic carbocycles. The lowest BCUT2D eigenvalue weighted by Gasteiger charge is -2.14. The third-order valence-electron chi connectivity index (χ3n) is 1.73. The lowest BCUT2D eigenvalue weighted by molar-refractivity contribution is 0.479. The minimum atomic E-state index is -3.61. The number of nitrogens with zero attached hydrogens (tertiary/aromatic N) is 2. The van der Waals surface area contributed by atoms with Crippen LogP contribution in [-0.4, -0.2) is 19.9 Å². The first kappa shape index (κ1) is 13.4. The molecule has 0 aliphatic rings. The highest BCUT2D eigenvalue weighted by molar-refractivity contribution is 7.91. The fourth-order valence-electron chi connectivity index (χ4n) is 0.749. The van der Waals surface area contributed by atoms with Gasteiger partial charge in [0.25, 0.3) is 10.0 Å². The van der Waals surface area contributed by atoms with Crippen molar-refractivity contribution in [1.29, 1.82) is 5.26 Å². The smallest absolute Gasteiger partial charge is 0.232 e. The third kappa shape index (κ3) is 3.42. The van der Waals surface area contributed by atoms with E-state index in [1.165, 1.54) is 6.20 Å². The molecular formula is C8H10ClN3O2S2. The summed E-state index contributed by atoms with van der Waals surface area (Å²) < 4.78 is 26.0. The maximum absolute atomic E-state index is 11.7. The summed E-state index contributed by atoms with van der Waals surface area (Å²) in [6, 6.07) is 2.01. The number of aromatic nitrogens is 1. The summed E-state index contributed by atoms with van der Waals surface area (Å²) in [5, 5.41) is 8.75. The Morgan fingerprint density at radius 1 is 1.69 bits per heavy atom. The Hall–Kier alpha value is -0.680. The summed E-state index contributed by atoms with van der Waals surface area (Å²) in [5.41, 5.74) is -0.748. The van der Waals surface area contributed by atoms with Crippen LogP contribution in [0.2, 0.25) is 4.47 Å². The lowest BCUT2D eigenvalue weighted by Crippen LogP contribution is -2.32. The molecule has 1 aromatic heterocycles. The number of sulfonamides is 1. The van der Waals surface area contributed by atoms with E-state index in [1.807, 2.05) is 6.07 Å². The number of nitrogens with one attached hydrogen (secondary N) is 1. The molecule has 0 bridgehead atoms. The van der Waals surface area contributed by atoms with E-state index < -0.39 is 15.4 Å². The van der Waals surface area contributed by atoms with Crippen LogP contribution in [0.15, 0.2) is 10.4 Å². The van der Waals surface area contributed by atoms with Crippen molar-refractivity contribution in [3.8, 4) is 6.07 Å². The van der Waals surface area contributed by atoms with E-state index in [0.717, 1.165) is 11.3 Å². The number of nitriles is 1. The first-order valence-electron chi connectivity index (χ1n) is 4.29. The molecule has 0 amide bonds. The van der Waals surface area contributed by atoms with Gasteiger partial charge in [0.05, 0.1) is 17.7 Å². The first-order chi connectivity index (χ1) is 7.27. The van der Waals surface area contributed by atoms with E-state index in [0.29, 0.717) is 0 Å². The molecule has 0 fully saturated rings. The molecule has 88 valence electrons. The summed E-state index contributed by atoms with van der Waals surface area (Å²) in [6.45, 7) is 3.34. The van der Waals surface area contributed by atoms with E-state index >= 15 is 0 Å². The second kappa shape index (κ2) is 4.67. The normalized spacial score (nSPS) is 12.4. The van der Waals surface area contributed by atoms with Gasteiger partial charge in [0, 0.05) is 6.54 Å². The van der Waals surface area contributed by atoms with Crippen LogP contribution in [-0.2, 0) is 10.0 Å². The van der Waals surface area contributed by atoms with Gasteiger partial charge in [-0.3, -0.25) is 0 Å². The molecule has 16 heavy (non-hydrogen) atoms. The summed E-state index contributed by atoms with van der Waals surface area (Å²) in [7, 11) is -3.61. The zero-order chi connectivity index (χ0) is 12.4. The predicted molar refractivity (Wildman–Crippen MR) is 61.7 cm³/mol. The largest absolute Gasteiger partial charge is 0.251 e. The Morgan fingerprint density at radius 2 is 2.31 bits per heavy atom. The van der Waals surface area contributed by atoms with Gasteiger partial charge in [0.1, 0.15) is 0 Å². The van der Waals surface area contributed by atoms with Crippen molar-refractivity contribution >= 4 is 33.0 Å². The van der Waals surface area contributed by atoms with E-state index in [1.54, 1.807) is 13.8 Å². The average Bonchev–Trinajstić information content (AvgIpc) is 2.63. The lowest BCUT2D eigenvalue weighted by atomic mass is 9.97. The molecule has 0 saturated carbocycles. The second-order valence-corrected chi connectivity index (χ2v) is 7.36. The summed E-state index contributed by atoms with van der Waals surface area (Å²) in [5.74, 6) is 0. The molecule has 0 radical (unpaired) electrons. The van der Waals surface area contributed by atoms with Gasteiger partial charge >= 0.3 is 0 Å². The van der Waals surface area contributed by atoms with Gasteiger partial charge in [-0.15, -0.1) is 0 Å². The van der Waals surface area contributed by atoms with E-state index in [2.05, 4.69) is 9.71 Å². The minimum Gasteiger partial charge on any atom is -0.232 e. The van der Waals surface area contributed by atoms with Crippen molar-refractivity contribution in [2.45, 2.75) is 18.1 Å². The molecule has 0 aromatic carbocycles. The van der Waals surface area contributed by atoms with Crippen LogP contribution in [0.3, 0.4) is 0 Å². The monoisotopic (exact) mass is 279 g/mol. The molecule has 0 aliphatic heterocycles. The quantitative estimate of drug-likeness (QED) is 0.908. The Balaban J connectivity index is 2.79. The molecule has 0 spiro atoms. The average molecular weight is 280 g/mol. The molecule has 0 atom stereocenters. The summed E-state index contributed by atoms with van der Waals surface area (Å²) in [4.78, 5) is 3.65. The van der Waals surface area contributed by atoms with Crippen molar-refractivity contribution in [2.75, 3.05) is 6.54 Å². The van der Waals surface area contributed by atoms with Crippen LogP contribution in [0.1, 0.15) is 13.8 Å². The highest BCUT2D eigenvalue weighted by Crippen LogP contribution is 2.22. The summed E-state index contributed by atoms with van der Waals surface area (Å²) in [6.07, 6.45) is 1.19. The van der Waals surface area contributed by atoms with Crippen molar-refractivity contribution in [1.82, 2.24) is 9.71 Å². The number of rotatable bonds is 4. The van der Waals surface area contributed by atoms with Gasteiger partial charge in [-0.2, -0.15) is 5.26 Å². The molecule has 5 nitrogen and oxygen atoms in total. The van der Waals surface area contributed by atoms with Crippen LogP contribution < -0.4 is 4.72 Å². The fraction of sp³-hybridized carbons (Fsp3) is 0.500. The maximum atomic E-state index is 11.7. The minimum absolute atomic E-state index is 0.0430. The molecular weight excluding hydrogens is 270 g/mol.